The minimum atomic E-state index is 0. The predicted molar refractivity (Wildman–Crippen MR) is 105 cm³/mol. The van der Waals surface area contributed by atoms with E-state index in [0.29, 0.717) is 6.54 Å². The van der Waals surface area contributed by atoms with E-state index in [9.17, 15) is 0 Å². The largest absolute Gasteiger partial charge is 0.497 e. The number of hydrogen-bond donors (Lipinski definition) is 2. The minimum absolute atomic E-state index is 0. The average molecular weight is 433 g/mol. The van der Waals surface area contributed by atoms with Gasteiger partial charge in [-0.1, -0.05) is 6.07 Å². The highest BCUT2D eigenvalue weighted by Crippen LogP contribution is 2.27. The summed E-state index contributed by atoms with van der Waals surface area (Å²) < 4.78 is 11.1. The molecule has 2 rings (SSSR count). The molecule has 1 atom stereocenters. The van der Waals surface area contributed by atoms with Crippen LogP contribution in [0.25, 0.3) is 0 Å². The maximum Gasteiger partial charge on any atom is 0.191 e. The molecule has 0 amide bonds. The highest BCUT2D eigenvalue weighted by Gasteiger charge is 2.21. The number of nitrogens with one attached hydrogen (secondary N) is 2. The molecule has 1 aromatic rings. The summed E-state index contributed by atoms with van der Waals surface area (Å²) in [5.74, 6) is 3.30. The van der Waals surface area contributed by atoms with Gasteiger partial charge in [-0.2, -0.15) is 0 Å². The van der Waals surface area contributed by atoms with E-state index in [2.05, 4.69) is 22.5 Å². The van der Waals surface area contributed by atoms with Gasteiger partial charge < -0.3 is 20.1 Å². The fourth-order valence-electron chi connectivity index (χ4n) is 2.07. The molecule has 1 aliphatic carbocycles. The SMILES string of the molecule is CCNC(=NCC(C)Oc1cccc(OC)c1)NCC1CC1.I. The zero-order chi connectivity index (χ0) is 15.8. The van der Waals surface area contributed by atoms with Gasteiger partial charge in [-0.25, -0.2) is 4.99 Å². The van der Waals surface area contributed by atoms with Crippen molar-refractivity contribution in [3.8, 4) is 11.5 Å². The highest BCUT2D eigenvalue weighted by atomic mass is 127. The standard InChI is InChI=1S/C17H27N3O2.HI/c1-4-18-17(20-12-14-8-9-14)19-11-13(2)22-16-7-5-6-15(10-16)21-3;/h5-7,10,13-14H,4,8-9,11-12H2,1-3H3,(H2,18,19,20);1H. The molecule has 0 bridgehead atoms. The molecule has 0 radical (unpaired) electrons. The van der Waals surface area contributed by atoms with Gasteiger partial charge in [0.15, 0.2) is 5.96 Å². The van der Waals surface area contributed by atoms with E-state index in [1.54, 1.807) is 7.11 Å². The molecule has 6 heteroatoms. The summed E-state index contributed by atoms with van der Waals surface area (Å²) in [5, 5.41) is 6.65. The summed E-state index contributed by atoms with van der Waals surface area (Å²) in [7, 11) is 1.65. The number of guanidine groups is 1. The van der Waals surface area contributed by atoms with E-state index in [1.165, 1.54) is 12.8 Å². The van der Waals surface area contributed by atoms with Gasteiger partial charge in [0, 0.05) is 19.2 Å². The van der Waals surface area contributed by atoms with E-state index in [-0.39, 0.29) is 30.1 Å². The van der Waals surface area contributed by atoms with Gasteiger partial charge >= 0.3 is 0 Å². The lowest BCUT2D eigenvalue weighted by atomic mass is 10.3. The molecule has 1 fully saturated rings. The van der Waals surface area contributed by atoms with Crippen molar-refractivity contribution in [3.05, 3.63) is 24.3 Å². The van der Waals surface area contributed by atoms with E-state index < -0.39 is 0 Å². The fourth-order valence-corrected chi connectivity index (χ4v) is 2.07. The average Bonchev–Trinajstić information content (AvgIpc) is 3.34. The normalized spacial score (nSPS) is 15.3. The van der Waals surface area contributed by atoms with E-state index in [4.69, 9.17) is 9.47 Å². The van der Waals surface area contributed by atoms with Crippen molar-refractivity contribution < 1.29 is 9.47 Å². The Balaban J connectivity index is 0.00000264. The van der Waals surface area contributed by atoms with Crippen molar-refractivity contribution in [1.82, 2.24) is 10.6 Å². The first kappa shape index (κ1) is 19.9. The number of hydrogen-bond acceptors (Lipinski definition) is 3. The zero-order valence-corrected chi connectivity index (χ0v) is 16.5. The highest BCUT2D eigenvalue weighted by molar-refractivity contribution is 14.0. The maximum atomic E-state index is 5.88. The van der Waals surface area contributed by atoms with Gasteiger partial charge in [-0.15, -0.1) is 24.0 Å². The molecule has 0 aromatic heterocycles. The molecule has 5 nitrogen and oxygen atoms in total. The quantitative estimate of drug-likeness (QED) is 0.376. The van der Waals surface area contributed by atoms with Crippen molar-refractivity contribution in [3.63, 3.8) is 0 Å². The molecule has 2 N–H and O–H groups in total. The minimum Gasteiger partial charge on any atom is -0.497 e. The topological polar surface area (TPSA) is 54.9 Å². The fraction of sp³-hybridized carbons (Fsp3) is 0.588. The van der Waals surface area contributed by atoms with E-state index >= 15 is 0 Å². The summed E-state index contributed by atoms with van der Waals surface area (Å²) in [4.78, 5) is 4.59. The number of methoxy groups -OCH3 is 1. The number of nitrogens with zero attached hydrogens (tertiary/aromatic N) is 1. The summed E-state index contributed by atoms with van der Waals surface area (Å²) in [5.41, 5.74) is 0. The first-order chi connectivity index (χ1) is 10.7. The van der Waals surface area contributed by atoms with Crippen molar-refractivity contribution in [2.45, 2.75) is 32.8 Å². The molecule has 0 saturated heterocycles. The lowest BCUT2D eigenvalue weighted by Crippen LogP contribution is -2.39. The molecule has 0 aliphatic heterocycles. The van der Waals surface area contributed by atoms with Gasteiger partial charge in [0.1, 0.15) is 17.6 Å². The Morgan fingerprint density at radius 2 is 2.04 bits per heavy atom. The summed E-state index contributed by atoms with van der Waals surface area (Å²) in [6.45, 7) is 6.58. The van der Waals surface area contributed by atoms with Gasteiger partial charge in [-0.05, 0) is 44.7 Å². The van der Waals surface area contributed by atoms with Crippen LogP contribution in [0.3, 0.4) is 0 Å². The number of halogens is 1. The molecule has 0 spiro atoms. The van der Waals surface area contributed by atoms with E-state index in [1.807, 2.05) is 31.2 Å². The third kappa shape index (κ3) is 7.76. The van der Waals surface area contributed by atoms with Crippen LogP contribution in [-0.2, 0) is 0 Å². The van der Waals surface area contributed by atoms with Gasteiger partial charge in [0.2, 0.25) is 0 Å². The van der Waals surface area contributed by atoms with Crippen LogP contribution in [0.1, 0.15) is 26.7 Å². The zero-order valence-electron chi connectivity index (χ0n) is 14.2. The van der Waals surface area contributed by atoms with Crippen LogP contribution in [-0.4, -0.2) is 38.8 Å². The van der Waals surface area contributed by atoms with Gasteiger partial charge in [0.05, 0.1) is 13.7 Å². The summed E-state index contributed by atoms with van der Waals surface area (Å²) in [6, 6.07) is 7.64. The first-order valence-corrected chi connectivity index (χ1v) is 8.04. The number of rotatable bonds is 8. The van der Waals surface area contributed by atoms with Crippen molar-refractivity contribution in [2.75, 3.05) is 26.7 Å². The third-order valence-corrected chi connectivity index (χ3v) is 3.48. The van der Waals surface area contributed by atoms with E-state index in [0.717, 1.165) is 36.5 Å². The maximum absolute atomic E-state index is 5.88. The third-order valence-electron chi connectivity index (χ3n) is 3.48. The monoisotopic (exact) mass is 433 g/mol. The summed E-state index contributed by atoms with van der Waals surface area (Å²) >= 11 is 0. The molecule has 130 valence electrons. The number of ether oxygens (including phenoxy) is 2. The van der Waals surface area contributed by atoms with Crippen LogP contribution >= 0.6 is 24.0 Å². The second kappa shape index (κ2) is 10.6. The molecule has 1 unspecified atom stereocenters. The van der Waals surface area contributed by atoms with Gasteiger partial charge in [-0.3, -0.25) is 0 Å². The number of aliphatic imine (C=N–C) groups is 1. The molecular weight excluding hydrogens is 405 g/mol. The van der Waals surface area contributed by atoms with Crippen LogP contribution in [0.15, 0.2) is 29.3 Å². The molecule has 0 heterocycles. The predicted octanol–water partition coefficient (Wildman–Crippen LogP) is 3.05. The Bertz CT molecular complexity index is 492. The molecular formula is C17H28IN3O2. The van der Waals surface area contributed by atoms with Crippen LogP contribution in [0.2, 0.25) is 0 Å². The second-order valence-electron chi connectivity index (χ2n) is 5.65. The first-order valence-electron chi connectivity index (χ1n) is 8.04. The smallest absolute Gasteiger partial charge is 0.191 e. The van der Waals surface area contributed by atoms with Crippen molar-refractivity contribution in [2.24, 2.45) is 10.9 Å². The van der Waals surface area contributed by atoms with Crippen molar-refractivity contribution in [1.29, 1.82) is 0 Å². The van der Waals surface area contributed by atoms with Gasteiger partial charge in [0.25, 0.3) is 0 Å². The van der Waals surface area contributed by atoms with Crippen LogP contribution in [0.5, 0.6) is 11.5 Å². The Hall–Kier alpha value is -1.18. The molecule has 1 saturated carbocycles. The van der Waals surface area contributed by atoms with Crippen LogP contribution in [0.4, 0.5) is 0 Å². The Labute approximate surface area is 156 Å². The molecule has 23 heavy (non-hydrogen) atoms. The Morgan fingerprint density at radius 3 is 2.70 bits per heavy atom. The Kier molecular flexibility index (Phi) is 9.13. The molecule has 1 aromatic carbocycles. The lowest BCUT2D eigenvalue weighted by molar-refractivity contribution is 0.229. The number of benzene rings is 1. The molecule has 1 aliphatic rings. The lowest BCUT2D eigenvalue weighted by Gasteiger charge is -2.15. The van der Waals surface area contributed by atoms with Crippen molar-refractivity contribution >= 4 is 29.9 Å². The second-order valence-corrected chi connectivity index (χ2v) is 5.65. The Morgan fingerprint density at radius 1 is 1.30 bits per heavy atom. The summed E-state index contributed by atoms with van der Waals surface area (Å²) in [6.07, 6.45) is 2.67. The van der Waals surface area contributed by atoms with Crippen LogP contribution in [0, 0.1) is 5.92 Å². The van der Waals surface area contributed by atoms with Crippen LogP contribution < -0.4 is 20.1 Å².